The van der Waals surface area contributed by atoms with Gasteiger partial charge in [-0.3, -0.25) is 5.17 Å². The zero-order valence-electron chi connectivity index (χ0n) is 5.11. The monoisotopic (exact) mass is 116 g/mol. The van der Waals surface area contributed by atoms with Gasteiger partial charge in [0.1, 0.15) is 6.04 Å². The van der Waals surface area contributed by atoms with E-state index in [2.05, 4.69) is 5.43 Å². The van der Waals surface area contributed by atoms with Gasteiger partial charge in [-0.2, -0.15) is 5.43 Å². The minimum atomic E-state index is 0.243. The maximum atomic E-state index is 10.7. The lowest BCUT2D eigenvalue weighted by atomic mass is 10.7. The summed E-state index contributed by atoms with van der Waals surface area (Å²) in [6.07, 6.45) is 2.21. The molecule has 1 rings (SSSR count). The Kier molecular flexibility index (Phi) is 1.83. The second-order valence-electron chi connectivity index (χ2n) is 2.17. The fourth-order valence-electron chi connectivity index (χ4n) is 0.664. The molecule has 1 saturated carbocycles. The van der Waals surface area contributed by atoms with E-state index in [1.807, 2.05) is 6.92 Å². The molecule has 0 aromatic rings. The fraction of sp³-hybridized carbons (Fsp3) is 1.00. The molecule has 1 aliphatic rings. The molecule has 0 saturated heterocycles. The van der Waals surface area contributed by atoms with Crippen LogP contribution in [0, 0.1) is 5.21 Å². The van der Waals surface area contributed by atoms with Crippen LogP contribution in [-0.4, -0.2) is 12.6 Å². The summed E-state index contributed by atoms with van der Waals surface area (Å²) in [7, 11) is 0. The van der Waals surface area contributed by atoms with E-state index in [4.69, 9.17) is 0 Å². The van der Waals surface area contributed by atoms with Crippen molar-refractivity contribution in [3.8, 4) is 0 Å². The van der Waals surface area contributed by atoms with E-state index in [0.29, 0.717) is 6.04 Å². The Labute approximate surface area is 49.2 Å². The van der Waals surface area contributed by atoms with E-state index in [9.17, 15) is 5.21 Å². The number of hydroxylamine groups is 1. The predicted molar refractivity (Wildman–Crippen MR) is 31.0 cm³/mol. The lowest BCUT2D eigenvalue weighted by molar-refractivity contribution is -0.907. The molecule has 3 nitrogen and oxygen atoms in total. The number of hydrogen-bond donors (Lipinski definition) is 2. The van der Waals surface area contributed by atoms with Crippen molar-refractivity contribution in [3.05, 3.63) is 5.21 Å². The standard InChI is InChI=1S/C5H12N2O/c1-2-6-7(8)5-3-4-5/h5-7H,2-4H2,1H3. The minimum absolute atomic E-state index is 0.243. The summed E-state index contributed by atoms with van der Waals surface area (Å²) in [4.78, 5) is 0. The van der Waals surface area contributed by atoms with E-state index >= 15 is 0 Å². The molecule has 0 heterocycles. The van der Waals surface area contributed by atoms with Gasteiger partial charge in [-0.25, -0.2) is 0 Å². The Morgan fingerprint density at radius 3 is 2.75 bits per heavy atom. The molecule has 2 N–H and O–H groups in total. The zero-order valence-corrected chi connectivity index (χ0v) is 5.11. The van der Waals surface area contributed by atoms with Gasteiger partial charge in [0.15, 0.2) is 0 Å². The first-order valence-corrected chi connectivity index (χ1v) is 3.12. The predicted octanol–water partition coefficient (Wildman–Crippen LogP) is -0.944. The summed E-state index contributed by atoms with van der Waals surface area (Å²) in [6.45, 7) is 2.72. The summed E-state index contributed by atoms with van der Waals surface area (Å²) in [5.41, 5.74) is 2.77. The largest absolute Gasteiger partial charge is 0.613 e. The molecule has 1 aliphatic carbocycles. The lowest BCUT2D eigenvalue weighted by Gasteiger charge is -2.20. The van der Waals surface area contributed by atoms with Crippen LogP contribution in [-0.2, 0) is 0 Å². The normalized spacial score (nSPS) is 23.2. The number of nitrogens with one attached hydrogen (secondary N) is 2. The smallest absolute Gasteiger partial charge is 0.105 e. The molecular formula is C5H12N2O. The molecule has 1 fully saturated rings. The second kappa shape index (κ2) is 2.44. The van der Waals surface area contributed by atoms with E-state index in [0.717, 1.165) is 19.4 Å². The third kappa shape index (κ3) is 1.43. The van der Waals surface area contributed by atoms with Crippen LogP contribution in [0.2, 0.25) is 0 Å². The molecule has 0 spiro atoms. The highest BCUT2D eigenvalue weighted by Crippen LogP contribution is 2.13. The van der Waals surface area contributed by atoms with E-state index < -0.39 is 0 Å². The molecule has 1 atom stereocenters. The number of hydrogen-bond acceptors (Lipinski definition) is 2. The number of quaternary nitrogens is 1. The van der Waals surface area contributed by atoms with Gasteiger partial charge >= 0.3 is 0 Å². The first-order chi connectivity index (χ1) is 3.84. The lowest BCUT2D eigenvalue weighted by Crippen LogP contribution is -3.15. The topological polar surface area (TPSA) is 39.5 Å². The molecule has 8 heavy (non-hydrogen) atoms. The van der Waals surface area contributed by atoms with Crippen molar-refractivity contribution >= 4 is 0 Å². The van der Waals surface area contributed by atoms with Crippen LogP contribution in [0.1, 0.15) is 19.8 Å². The van der Waals surface area contributed by atoms with Gasteiger partial charge in [0.2, 0.25) is 0 Å². The van der Waals surface area contributed by atoms with Gasteiger partial charge in [-0.05, 0) is 6.92 Å². The third-order valence-corrected chi connectivity index (χ3v) is 1.30. The van der Waals surface area contributed by atoms with Gasteiger partial charge in [-0.1, -0.05) is 0 Å². The summed E-state index contributed by atoms with van der Waals surface area (Å²) in [6, 6.07) is 0.370. The van der Waals surface area contributed by atoms with Crippen LogP contribution < -0.4 is 10.6 Å². The molecule has 0 radical (unpaired) electrons. The van der Waals surface area contributed by atoms with Gasteiger partial charge in [0.25, 0.3) is 0 Å². The molecular weight excluding hydrogens is 104 g/mol. The Bertz CT molecular complexity index is 72.8. The van der Waals surface area contributed by atoms with Crippen molar-refractivity contribution < 1.29 is 5.17 Å². The SMILES string of the molecule is CCN[NH+]([O-])C1CC1. The van der Waals surface area contributed by atoms with Crippen LogP contribution in [0.4, 0.5) is 0 Å². The van der Waals surface area contributed by atoms with Crippen molar-refractivity contribution in [2.75, 3.05) is 6.54 Å². The minimum Gasteiger partial charge on any atom is -0.613 e. The van der Waals surface area contributed by atoms with Crippen molar-refractivity contribution in [1.82, 2.24) is 5.43 Å². The van der Waals surface area contributed by atoms with E-state index in [1.54, 1.807) is 0 Å². The summed E-state index contributed by atoms with van der Waals surface area (Å²) in [5, 5.41) is 10.9. The van der Waals surface area contributed by atoms with Crippen molar-refractivity contribution in [2.45, 2.75) is 25.8 Å². The average molecular weight is 116 g/mol. The van der Waals surface area contributed by atoms with Crippen molar-refractivity contribution in [1.29, 1.82) is 0 Å². The van der Waals surface area contributed by atoms with Gasteiger partial charge < -0.3 is 5.21 Å². The highest BCUT2D eigenvalue weighted by molar-refractivity contribution is 4.70. The molecule has 0 aromatic carbocycles. The molecule has 0 aliphatic heterocycles. The Morgan fingerprint density at radius 2 is 2.38 bits per heavy atom. The molecule has 0 amide bonds. The van der Waals surface area contributed by atoms with Crippen LogP contribution in [0.3, 0.4) is 0 Å². The molecule has 0 bridgehead atoms. The summed E-state index contributed by atoms with van der Waals surface area (Å²) < 4.78 is 0. The summed E-state index contributed by atoms with van der Waals surface area (Å²) >= 11 is 0. The first-order valence-electron chi connectivity index (χ1n) is 3.12. The fourth-order valence-corrected chi connectivity index (χ4v) is 0.664. The maximum Gasteiger partial charge on any atom is 0.105 e. The Morgan fingerprint density at radius 1 is 1.75 bits per heavy atom. The van der Waals surface area contributed by atoms with Crippen LogP contribution in [0.5, 0.6) is 0 Å². The van der Waals surface area contributed by atoms with E-state index in [-0.39, 0.29) is 5.17 Å². The molecule has 1 unspecified atom stereocenters. The molecule has 48 valence electrons. The van der Waals surface area contributed by atoms with Gasteiger partial charge in [-0.15, -0.1) is 0 Å². The maximum absolute atomic E-state index is 10.7. The van der Waals surface area contributed by atoms with Crippen LogP contribution in [0.25, 0.3) is 0 Å². The highest BCUT2D eigenvalue weighted by Gasteiger charge is 2.28. The van der Waals surface area contributed by atoms with Crippen molar-refractivity contribution in [2.24, 2.45) is 0 Å². The Hall–Kier alpha value is -0.120. The number of rotatable bonds is 3. The van der Waals surface area contributed by atoms with Gasteiger partial charge in [0, 0.05) is 19.4 Å². The second-order valence-corrected chi connectivity index (χ2v) is 2.17. The zero-order chi connectivity index (χ0) is 5.98. The van der Waals surface area contributed by atoms with Crippen LogP contribution >= 0.6 is 0 Å². The van der Waals surface area contributed by atoms with E-state index in [1.165, 1.54) is 0 Å². The van der Waals surface area contributed by atoms with Crippen LogP contribution in [0.15, 0.2) is 0 Å². The highest BCUT2D eigenvalue weighted by atomic mass is 16.5. The first kappa shape index (κ1) is 6.01. The van der Waals surface area contributed by atoms with Crippen molar-refractivity contribution in [3.63, 3.8) is 0 Å². The molecule has 3 heteroatoms. The summed E-state index contributed by atoms with van der Waals surface area (Å²) in [5.74, 6) is 0. The quantitative estimate of drug-likeness (QED) is 0.467. The average Bonchev–Trinajstić information content (AvgIpc) is 2.45. The third-order valence-electron chi connectivity index (χ3n) is 1.30. The van der Waals surface area contributed by atoms with Gasteiger partial charge in [0.05, 0.1) is 0 Å². The Balaban J connectivity index is 2.03. The molecule has 0 aromatic heterocycles.